The molecule has 6 aliphatic rings. The number of rotatable bonds is 18. The van der Waals surface area contributed by atoms with Crippen molar-refractivity contribution in [1.29, 1.82) is 0 Å². The number of phenolic OH excluding ortho intramolecular Hbond substituents is 3. The van der Waals surface area contributed by atoms with Crippen LogP contribution in [0.5, 0.6) is 17.2 Å². The van der Waals surface area contributed by atoms with Crippen LogP contribution in [0.4, 0.5) is 0 Å². The monoisotopic (exact) mass is 1780 g/mol. The Morgan fingerprint density at radius 2 is 0.677 bits per heavy atom. The Bertz CT molecular complexity index is 4610. The molecule has 0 aliphatic carbocycles. The van der Waals surface area contributed by atoms with Crippen LogP contribution in [0.25, 0.3) is 32.9 Å². The summed E-state index contributed by atoms with van der Waals surface area (Å²) in [5, 5.41) is 268. The van der Waals surface area contributed by atoms with E-state index in [0.29, 0.717) is 22.4 Å². The number of aliphatic hydroxyl groups is 23. The zero-order chi connectivity index (χ0) is 91.0. The number of nitrogens with two attached hydrogens (primary N) is 1. The first-order valence-corrected chi connectivity index (χ1v) is 38.0. The van der Waals surface area contributed by atoms with Gasteiger partial charge in [0.05, 0.1) is 97.2 Å². The molecule has 3 aromatic heterocycles. The normalized spacial score (nSPS) is 33.8. The van der Waals surface area contributed by atoms with Crippen LogP contribution in [0.3, 0.4) is 0 Å². The number of Topliss-reactive ketones (excluding diaryl/α,β-unsaturated/α-hetero) is 1. The Labute approximate surface area is 725 Å². The van der Waals surface area contributed by atoms with E-state index >= 15 is 0 Å². The van der Waals surface area contributed by atoms with Crippen molar-refractivity contribution < 1.29 is 224 Å². The van der Waals surface area contributed by atoms with E-state index in [0.717, 1.165) is 0 Å². The number of fused-ring (bicyclic) bond motifs is 3. The SMILES string of the molecule is C.CC(=O)Cc1cc(=O)c2c(C)cc(O)c(C3OC(CO)C(O)C(O)C3O)c2o1.CC(Cc1cc(=O)c2c(C)cc(O)c(C3OC(CO)C(O)C(O)C3O)c2o1)=NC1C(O)OC(CO)C(C)C1O.CC(Cc1cc(=O)c2c(C)cc(O)c(C3OC(CO)C(O)C(O)C3O)c2o1)=NC1C(O)OC(CO)C(O)C1O.NC1C(O)OC(CO)C(O)C1O.O=CO[O-].[Na+]. The molecule has 6 fully saturated rings. The smallest absolute Gasteiger partial charge is 0.662 e. The van der Waals surface area contributed by atoms with Crippen molar-refractivity contribution >= 4 is 56.6 Å². The number of phenols is 3. The van der Waals surface area contributed by atoms with Crippen molar-refractivity contribution in [2.24, 2.45) is 21.6 Å². The zero-order valence-corrected chi connectivity index (χ0v) is 69.4. The van der Waals surface area contributed by atoms with E-state index < -0.39 is 244 Å². The largest absolute Gasteiger partial charge is 1.00 e. The Balaban J connectivity index is 0.000000264. The molecule has 46 heteroatoms. The number of nitrogens with zero attached hydrogens (tertiary/aromatic N) is 2. The molecule has 6 aromatic rings. The zero-order valence-electron chi connectivity index (χ0n) is 67.4. The van der Waals surface area contributed by atoms with E-state index in [9.17, 15) is 142 Å². The molecule has 124 heavy (non-hydrogen) atoms. The van der Waals surface area contributed by atoms with Gasteiger partial charge in [-0.05, 0) is 76.4 Å². The number of carbonyl (C=O) groups excluding carboxylic acids is 2. The third-order valence-electron chi connectivity index (χ3n) is 21.5. The molecule has 12 rings (SSSR count). The first kappa shape index (κ1) is 106. The molecule has 6 saturated heterocycles. The molecule has 30 unspecified atom stereocenters. The maximum atomic E-state index is 13.1. The van der Waals surface area contributed by atoms with Gasteiger partial charge < -0.3 is 190 Å². The van der Waals surface area contributed by atoms with Crippen LogP contribution in [0.2, 0.25) is 0 Å². The second kappa shape index (κ2) is 45.8. The Morgan fingerprint density at radius 1 is 0.411 bits per heavy atom. The van der Waals surface area contributed by atoms with Gasteiger partial charge >= 0.3 is 29.6 Å². The number of aryl methyl sites for hydroxylation is 3. The molecule has 688 valence electrons. The Morgan fingerprint density at radius 3 is 0.976 bits per heavy atom. The molecule has 0 amide bonds. The van der Waals surface area contributed by atoms with E-state index in [4.69, 9.17) is 67.7 Å². The molecule has 0 saturated carbocycles. The van der Waals surface area contributed by atoms with Gasteiger partial charge in [0.25, 0.3) is 6.47 Å². The van der Waals surface area contributed by atoms with Crippen LogP contribution in [-0.2, 0) is 62.2 Å². The number of aliphatic hydroxyl groups excluding tert-OH is 23. The maximum Gasteiger partial charge on any atom is 1.00 e. The summed E-state index contributed by atoms with van der Waals surface area (Å²) in [6.07, 6.45) is -37.5. The molecule has 6 aliphatic heterocycles. The van der Waals surface area contributed by atoms with Gasteiger partial charge in [-0.3, -0.25) is 34.0 Å². The average Bonchev–Trinajstić information content (AvgIpc) is 0.754. The van der Waals surface area contributed by atoms with Crippen LogP contribution in [0.15, 0.2) is 74.0 Å². The van der Waals surface area contributed by atoms with E-state index in [1.807, 2.05) is 0 Å². The topological polar surface area (TPSA) is 789 Å². The van der Waals surface area contributed by atoms with Gasteiger partial charge in [0.15, 0.2) is 35.2 Å². The average molecular weight is 1780 g/mol. The number of hydrogen-bond acceptors (Lipinski definition) is 45. The van der Waals surface area contributed by atoms with E-state index in [2.05, 4.69) is 14.9 Å². The molecular formula is C78H108N3NaO42. The Hall–Kier alpha value is -7.07. The summed E-state index contributed by atoms with van der Waals surface area (Å²) in [5.74, 6) is -1.72. The fourth-order valence-electron chi connectivity index (χ4n) is 15.0. The van der Waals surface area contributed by atoms with Crippen LogP contribution in [-0.4, -0.2) is 355 Å². The van der Waals surface area contributed by atoms with Gasteiger partial charge in [0, 0.05) is 48.4 Å². The van der Waals surface area contributed by atoms with Crippen LogP contribution >= 0.6 is 0 Å². The third kappa shape index (κ3) is 23.1. The van der Waals surface area contributed by atoms with Gasteiger partial charge in [-0.2, -0.15) is 0 Å². The first-order chi connectivity index (χ1) is 57.4. The molecule has 28 N–H and O–H groups in total. The molecule has 0 bridgehead atoms. The quantitative estimate of drug-likeness (QED) is 0.0125. The standard InChI is InChI=1S/C26H35NO12.C25H33NO13.C19H22O9.C6H13NO5.CH2O3.CH4.Na/c1-9-4-13(30)18(25-23(35)22(34)21(33)16(8-29)38-25)24-17(9)14(31)6-12(37-24)5-10(2)27-19-20(32)11(3)15(7-28)39-26(19)36;1-8-3-11(29)16(24-22(35)21(34)19(32)13(6-27)38-24)23-15(8)12(30)5-10(37-23)4-9(2)26-17-20(33)18(31)14(7-28)39-25(17)36;1-7-3-10(22)14(19-17(26)16(25)15(24)12(6-20)28-19)18-13(7)11(23)5-9(27-18)4-8(2)21;7-3-5(10)4(9)2(1-8)12-6(3)11;2-1-4-3;;/h4,6,11,15-16,19-23,25-26,28-30,32-36H,5,7-8H2,1-3H3;3,5,13-14,17-22,24-25,27-29,31-36H,4,6-7H2,1-2H3;3,5,12,15-17,19-20,22,24-26H,4,6H2,1-2H3;2-6,8-11H,1,7H2;1,3H;1H4;/q;;;;;;+1/p-1. The number of ketones is 1. The summed E-state index contributed by atoms with van der Waals surface area (Å²) in [6, 6.07) is 4.06. The second-order valence-electron chi connectivity index (χ2n) is 30.2. The van der Waals surface area contributed by atoms with Crippen molar-refractivity contribution in [2.45, 2.75) is 253 Å². The summed E-state index contributed by atoms with van der Waals surface area (Å²) >= 11 is 0. The molecule has 45 nitrogen and oxygen atoms in total. The predicted molar refractivity (Wildman–Crippen MR) is 415 cm³/mol. The molecule has 30 atom stereocenters. The minimum Gasteiger partial charge on any atom is -0.662 e. The van der Waals surface area contributed by atoms with Gasteiger partial charge in [-0.15, -0.1) is 0 Å². The minimum absolute atomic E-state index is 0. The van der Waals surface area contributed by atoms with Gasteiger partial charge in [-0.25, -0.2) is 0 Å². The third-order valence-corrected chi connectivity index (χ3v) is 21.5. The fraction of sp³-hybridized carbons (Fsp3) is 0.603. The predicted octanol–water partition coefficient (Wildman–Crippen LogP) is -12.2. The number of aromatic hydroxyl groups is 3. The number of carbonyl (C=O) groups is 2. The number of benzene rings is 3. The van der Waals surface area contributed by atoms with Crippen LogP contribution < -0.4 is 56.8 Å². The maximum absolute atomic E-state index is 13.1. The van der Waals surface area contributed by atoms with E-state index in [1.54, 1.807) is 34.6 Å². The van der Waals surface area contributed by atoms with Gasteiger partial charge in [-0.1, -0.05) is 14.4 Å². The summed E-state index contributed by atoms with van der Waals surface area (Å²) in [4.78, 5) is 70.1. The molecule has 0 radical (unpaired) electrons. The van der Waals surface area contributed by atoms with E-state index in [-0.39, 0.29) is 153 Å². The summed E-state index contributed by atoms with van der Waals surface area (Å²) in [5.41, 5.74) is 4.79. The summed E-state index contributed by atoms with van der Waals surface area (Å²) in [7, 11) is 0. The Kier molecular flexibility index (Phi) is 39.0. The van der Waals surface area contributed by atoms with Crippen LogP contribution in [0, 0.1) is 26.7 Å². The van der Waals surface area contributed by atoms with E-state index in [1.165, 1.54) is 50.2 Å². The van der Waals surface area contributed by atoms with Gasteiger partial charge in [0.2, 0.25) is 0 Å². The molecule has 0 spiro atoms. The van der Waals surface area contributed by atoms with Crippen LogP contribution in [0.1, 0.15) is 104 Å². The number of aliphatic imine (C=N–C) groups is 2. The molecule has 9 heterocycles. The second-order valence-corrected chi connectivity index (χ2v) is 30.2. The summed E-state index contributed by atoms with van der Waals surface area (Å²) < 4.78 is 49.5. The van der Waals surface area contributed by atoms with Crippen molar-refractivity contribution in [3.05, 3.63) is 118 Å². The first-order valence-electron chi connectivity index (χ1n) is 38.0. The molecular weight excluding hydrogens is 1670 g/mol. The minimum atomic E-state index is -1.75. The summed E-state index contributed by atoms with van der Waals surface area (Å²) in [6.45, 7) is 7.13. The molecule has 3 aromatic carbocycles. The van der Waals surface area contributed by atoms with Gasteiger partial charge in [0.1, 0.15) is 197 Å². The number of hydrogen-bond donors (Lipinski definition) is 27. The van der Waals surface area contributed by atoms with Crippen molar-refractivity contribution in [2.75, 3.05) is 39.6 Å². The fourth-order valence-corrected chi connectivity index (χ4v) is 15.0. The van der Waals surface area contributed by atoms with Crippen molar-refractivity contribution in [3.8, 4) is 17.2 Å². The van der Waals surface area contributed by atoms with Crippen molar-refractivity contribution in [3.63, 3.8) is 0 Å². The van der Waals surface area contributed by atoms with Crippen molar-refractivity contribution in [1.82, 2.24) is 0 Å². The number of ether oxygens (including phenoxy) is 6.